The second kappa shape index (κ2) is 4.61. The molecule has 4 heteroatoms. The minimum atomic E-state index is 0.257. The minimum absolute atomic E-state index is 0.257. The number of hydrogen-bond acceptors (Lipinski definition) is 4. The van der Waals surface area contributed by atoms with Gasteiger partial charge in [0.25, 0.3) is 0 Å². The third-order valence-corrected chi connectivity index (χ3v) is 3.21. The van der Waals surface area contributed by atoms with E-state index in [4.69, 9.17) is 0 Å². The summed E-state index contributed by atoms with van der Waals surface area (Å²) in [6.45, 7) is 6.18. The fourth-order valence-corrected chi connectivity index (χ4v) is 2.16. The van der Waals surface area contributed by atoms with Gasteiger partial charge in [0.05, 0.1) is 6.04 Å². The summed E-state index contributed by atoms with van der Waals surface area (Å²) >= 11 is 1.58. The molecule has 1 aromatic carbocycles. The van der Waals surface area contributed by atoms with Crippen molar-refractivity contribution in [2.75, 3.05) is 5.32 Å². The maximum Gasteiger partial charge on any atom is 0.206 e. The fourth-order valence-electron chi connectivity index (χ4n) is 1.48. The largest absolute Gasteiger partial charge is 0.354 e. The van der Waals surface area contributed by atoms with Crippen molar-refractivity contribution in [2.45, 2.75) is 26.8 Å². The summed E-state index contributed by atoms with van der Waals surface area (Å²) in [5.74, 6) is 0. The van der Waals surface area contributed by atoms with Crippen molar-refractivity contribution < 1.29 is 0 Å². The van der Waals surface area contributed by atoms with Crippen LogP contribution in [-0.4, -0.2) is 10.2 Å². The lowest BCUT2D eigenvalue weighted by atomic mass is 10.1. The van der Waals surface area contributed by atoms with Gasteiger partial charge in [0.1, 0.15) is 5.01 Å². The number of hydrogen-bond donors (Lipinski definition) is 1. The van der Waals surface area contributed by atoms with Crippen molar-refractivity contribution in [3.63, 3.8) is 0 Å². The van der Waals surface area contributed by atoms with E-state index in [1.165, 1.54) is 11.1 Å². The number of nitrogens with one attached hydrogen (secondary N) is 1. The van der Waals surface area contributed by atoms with Crippen molar-refractivity contribution in [1.29, 1.82) is 0 Å². The highest BCUT2D eigenvalue weighted by Crippen LogP contribution is 2.21. The van der Waals surface area contributed by atoms with Gasteiger partial charge in [0.2, 0.25) is 5.13 Å². The molecule has 84 valence electrons. The van der Waals surface area contributed by atoms with Crippen molar-refractivity contribution >= 4 is 16.5 Å². The Kier molecular flexibility index (Phi) is 3.19. The Morgan fingerprint density at radius 2 is 1.81 bits per heavy atom. The van der Waals surface area contributed by atoms with E-state index in [1.54, 1.807) is 11.3 Å². The first kappa shape index (κ1) is 11.1. The average molecular weight is 233 g/mol. The van der Waals surface area contributed by atoms with E-state index in [1.807, 2.05) is 6.92 Å². The van der Waals surface area contributed by atoms with Crippen LogP contribution in [0.15, 0.2) is 24.3 Å². The van der Waals surface area contributed by atoms with Gasteiger partial charge in [0, 0.05) is 0 Å². The van der Waals surface area contributed by atoms with Crippen LogP contribution >= 0.6 is 11.3 Å². The molecule has 0 saturated heterocycles. The van der Waals surface area contributed by atoms with Crippen LogP contribution in [0.25, 0.3) is 0 Å². The zero-order valence-corrected chi connectivity index (χ0v) is 10.5. The molecular formula is C12H15N3S. The molecule has 2 aromatic rings. The summed E-state index contributed by atoms with van der Waals surface area (Å²) in [6, 6.07) is 8.78. The van der Waals surface area contributed by atoms with Crippen molar-refractivity contribution in [2.24, 2.45) is 0 Å². The number of nitrogens with zero attached hydrogens (tertiary/aromatic N) is 2. The van der Waals surface area contributed by atoms with Crippen LogP contribution < -0.4 is 5.32 Å². The maximum atomic E-state index is 4.06. The lowest BCUT2D eigenvalue weighted by Crippen LogP contribution is -2.06. The standard InChI is InChI=1S/C12H15N3S/c1-8-4-6-11(7-5-8)9(2)13-12-15-14-10(3)16-12/h4-7,9H,1-3H3,(H,13,15). The van der Waals surface area contributed by atoms with E-state index >= 15 is 0 Å². The first-order valence-electron chi connectivity index (χ1n) is 5.28. The number of benzene rings is 1. The fraction of sp³-hybridized carbons (Fsp3) is 0.333. The molecule has 1 N–H and O–H groups in total. The molecule has 1 atom stereocenters. The van der Waals surface area contributed by atoms with Gasteiger partial charge in [-0.3, -0.25) is 0 Å². The van der Waals surface area contributed by atoms with Crippen LogP contribution in [0.1, 0.15) is 29.1 Å². The summed E-state index contributed by atoms with van der Waals surface area (Å²) in [4.78, 5) is 0. The van der Waals surface area contributed by atoms with E-state index in [-0.39, 0.29) is 6.04 Å². The summed E-state index contributed by atoms with van der Waals surface area (Å²) < 4.78 is 0. The molecule has 0 fully saturated rings. The van der Waals surface area contributed by atoms with Crippen LogP contribution in [-0.2, 0) is 0 Å². The Morgan fingerprint density at radius 3 is 2.38 bits per heavy atom. The first-order valence-corrected chi connectivity index (χ1v) is 6.10. The van der Waals surface area contributed by atoms with Crippen LogP contribution in [0, 0.1) is 13.8 Å². The van der Waals surface area contributed by atoms with Gasteiger partial charge in [-0.1, -0.05) is 41.2 Å². The molecule has 1 unspecified atom stereocenters. The number of aryl methyl sites for hydroxylation is 2. The monoisotopic (exact) mass is 233 g/mol. The topological polar surface area (TPSA) is 37.8 Å². The van der Waals surface area contributed by atoms with Crippen LogP contribution in [0.2, 0.25) is 0 Å². The normalized spacial score (nSPS) is 12.4. The molecule has 0 aliphatic rings. The maximum absolute atomic E-state index is 4.06. The summed E-state index contributed by atoms with van der Waals surface area (Å²) in [6.07, 6.45) is 0. The number of anilines is 1. The number of aromatic nitrogens is 2. The SMILES string of the molecule is Cc1ccc(C(C)Nc2nnc(C)s2)cc1. The van der Waals surface area contributed by atoms with Gasteiger partial charge in [-0.05, 0) is 26.3 Å². The second-order valence-corrected chi connectivity index (χ2v) is 5.08. The molecule has 3 nitrogen and oxygen atoms in total. The van der Waals surface area contributed by atoms with E-state index in [0.717, 1.165) is 10.1 Å². The Balaban J connectivity index is 2.08. The van der Waals surface area contributed by atoms with Crippen molar-refractivity contribution in [3.05, 3.63) is 40.4 Å². The zero-order valence-electron chi connectivity index (χ0n) is 9.69. The predicted octanol–water partition coefficient (Wildman–Crippen LogP) is 3.33. The Hall–Kier alpha value is -1.42. The van der Waals surface area contributed by atoms with Crippen LogP contribution in [0.3, 0.4) is 0 Å². The molecule has 2 rings (SSSR count). The molecule has 0 radical (unpaired) electrons. The quantitative estimate of drug-likeness (QED) is 0.883. The van der Waals surface area contributed by atoms with E-state index in [2.05, 4.69) is 53.6 Å². The molecule has 0 aliphatic carbocycles. The Bertz CT molecular complexity index is 461. The molecule has 16 heavy (non-hydrogen) atoms. The van der Waals surface area contributed by atoms with Gasteiger partial charge in [-0.2, -0.15) is 0 Å². The van der Waals surface area contributed by atoms with Gasteiger partial charge in [-0.25, -0.2) is 0 Å². The highest BCUT2D eigenvalue weighted by atomic mass is 32.1. The Morgan fingerprint density at radius 1 is 1.12 bits per heavy atom. The molecule has 1 heterocycles. The lowest BCUT2D eigenvalue weighted by molar-refractivity contribution is 0.871. The highest BCUT2D eigenvalue weighted by Gasteiger charge is 2.07. The molecule has 1 aromatic heterocycles. The van der Waals surface area contributed by atoms with Gasteiger partial charge in [-0.15, -0.1) is 10.2 Å². The van der Waals surface area contributed by atoms with Crippen LogP contribution in [0.4, 0.5) is 5.13 Å². The zero-order chi connectivity index (χ0) is 11.5. The lowest BCUT2D eigenvalue weighted by Gasteiger charge is -2.12. The smallest absolute Gasteiger partial charge is 0.206 e. The first-order chi connectivity index (χ1) is 7.65. The summed E-state index contributed by atoms with van der Waals surface area (Å²) in [5.41, 5.74) is 2.54. The average Bonchev–Trinajstić information content (AvgIpc) is 2.65. The Labute approximate surface area is 99.5 Å². The molecule has 0 saturated carbocycles. The van der Waals surface area contributed by atoms with Gasteiger partial charge >= 0.3 is 0 Å². The molecular weight excluding hydrogens is 218 g/mol. The third kappa shape index (κ3) is 2.58. The van der Waals surface area contributed by atoms with E-state index in [0.29, 0.717) is 0 Å². The molecule has 0 spiro atoms. The molecule has 0 amide bonds. The van der Waals surface area contributed by atoms with E-state index < -0.39 is 0 Å². The minimum Gasteiger partial charge on any atom is -0.354 e. The van der Waals surface area contributed by atoms with E-state index in [9.17, 15) is 0 Å². The highest BCUT2D eigenvalue weighted by molar-refractivity contribution is 7.15. The van der Waals surface area contributed by atoms with Gasteiger partial charge < -0.3 is 5.32 Å². The number of rotatable bonds is 3. The summed E-state index contributed by atoms with van der Waals surface area (Å²) in [7, 11) is 0. The van der Waals surface area contributed by atoms with Crippen molar-refractivity contribution in [3.8, 4) is 0 Å². The van der Waals surface area contributed by atoms with Crippen molar-refractivity contribution in [1.82, 2.24) is 10.2 Å². The third-order valence-electron chi connectivity index (χ3n) is 2.44. The van der Waals surface area contributed by atoms with Crippen LogP contribution in [0.5, 0.6) is 0 Å². The molecule has 0 bridgehead atoms. The second-order valence-electron chi connectivity index (χ2n) is 3.90. The summed E-state index contributed by atoms with van der Waals surface area (Å²) in [5, 5.41) is 13.2. The predicted molar refractivity (Wildman–Crippen MR) is 67.9 cm³/mol. The molecule has 0 aliphatic heterocycles. The van der Waals surface area contributed by atoms with Gasteiger partial charge in [0.15, 0.2) is 0 Å².